The molecule has 0 fully saturated rings. The second-order valence-electron chi connectivity index (χ2n) is 5.88. The fourth-order valence-electron chi connectivity index (χ4n) is 2.68. The van der Waals surface area contributed by atoms with Crippen LogP contribution < -0.4 is 0 Å². The fraction of sp³-hybridized carbons (Fsp3) is 0.316. The van der Waals surface area contributed by atoms with E-state index in [9.17, 15) is 9.59 Å². The molecule has 26 heavy (non-hydrogen) atoms. The van der Waals surface area contributed by atoms with Gasteiger partial charge in [-0.2, -0.15) is 0 Å². The molecule has 2 aromatic heterocycles. The normalized spacial score (nSPS) is 10.9. The summed E-state index contributed by atoms with van der Waals surface area (Å²) in [6.45, 7) is 5.11. The minimum absolute atomic E-state index is 0.0255. The van der Waals surface area contributed by atoms with E-state index in [2.05, 4.69) is 4.98 Å². The number of likely N-dealkylation sites (N-methyl/N-ethyl adjacent to an activating group) is 2. The monoisotopic (exact) mass is 371 g/mol. The third-order valence-electron chi connectivity index (χ3n) is 4.16. The first kappa shape index (κ1) is 18.1. The molecule has 7 heteroatoms. The Kier molecular flexibility index (Phi) is 5.37. The quantitative estimate of drug-likeness (QED) is 0.665. The first-order chi connectivity index (χ1) is 12.5. The van der Waals surface area contributed by atoms with Gasteiger partial charge < -0.3 is 14.2 Å². The van der Waals surface area contributed by atoms with E-state index in [1.807, 2.05) is 38.1 Å². The molecule has 0 N–H and O–H groups in total. The van der Waals surface area contributed by atoms with Gasteiger partial charge in [-0.1, -0.05) is 12.1 Å². The second-order valence-corrected chi connectivity index (χ2v) is 6.91. The Morgan fingerprint density at radius 2 is 1.85 bits per heavy atom. The molecule has 2 amide bonds. The van der Waals surface area contributed by atoms with Gasteiger partial charge >= 0.3 is 0 Å². The molecule has 0 spiro atoms. The molecule has 136 valence electrons. The maximum absolute atomic E-state index is 12.5. The third kappa shape index (κ3) is 3.62. The van der Waals surface area contributed by atoms with E-state index in [-0.39, 0.29) is 24.1 Å². The standard InChI is InChI=1S/C19H21N3O3S/c1-4-22(5-2)17(23)12-21(3)19(24)15-11-10-14(25-15)18-20-13-8-6-7-9-16(13)26-18/h6-11H,4-5,12H2,1-3H3. The number of thiazole rings is 1. The smallest absolute Gasteiger partial charge is 0.289 e. The van der Waals surface area contributed by atoms with Crippen molar-refractivity contribution >= 4 is 33.4 Å². The molecule has 0 unspecified atom stereocenters. The Morgan fingerprint density at radius 1 is 1.12 bits per heavy atom. The van der Waals surface area contributed by atoms with Crippen molar-refractivity contribution in [2.75, 3.05) is 26.7 Å². The van der Waals surface area contributed by atoms with Gasteiger partial charge in [0.05, 0.1) is 16.8 Å². The highest BCUT2D eigenvalue weighted by molar-refractivity contribution is 7.21. The molecular formula is C19H21N3O3S. The molecule has 0 aliphatic rings. The predicted molar refractivity (Wildman–Crippen MR) is 102 cm³/mol. The number of nitrogens with zero attached hydrogens (tertiary/aromatic N) is 3. The van der Waals surface area contributed by atoms with Crippen LogP contribution in [0.3, 0.4) is 0 Å². The number of furan rings is 1. The van der Waals surface area contributed by atoms with Gasteiger partial charge in [-0.3, -0.25) is 9.59 Å². The van der Waals surface area contributed by atoms with Crippen LogP contribution in [0, 0.1) is 0 Å². The van der Waals surface area contributed by atoms with Gasteiger partial charge in [-0.15, -0.1) is 11.3 Å². The first-order valence-electron chi connectivity index (χ1n) is 8.52. The average molecular weight is 371 g/mol. The van der Waals surface area contributed by atoms with Crippen molar-refractivity contribution < 1.29 is 14.0 Å². The van der Waals surface area contributed by atoms with Crippen LogP contribution in [0.5, 0.6) is 0 Å². The van der Waals surface area contributed by atoms with Gasteiger partial charge in [0.2, 0.25) is 5.91 Å². The lowest BCUT2D eigenvalue weighted by atomic mass is 10.3. The lowest BCUT2D eigenvalue weighted by Crippen LogP contribution is -2.40. The number of hydrogen-bond donors (Lipinski definition) is 0. The Labute approximate surface area is 156 Å². The van der Waals surface area contributed by atoms with Gasteiger partial charge in [-0.05, 0) is 38.1 Å². The Morgan fingerprint density at radius 3 is 2.54 bits per heavy atom. The number of aromatic nitrogens is 1. The number of carbonyl (C=O) groups excluding carboxylic acids is 2. The van der Waals surface area contributed by atoms with Crippen molar-refractivity contribution in [2.45, 2.75) is 13.8 Å². The average Bonchev–Trinajstić information content (AvgIpc) is 3.28. The van der Waals surface area contributed by atoms with Crippen LogP contribution in [0.4, 0.5) is 0 Å². The van der Waals surface area contributed by atoms with Gasteiger partial charge in [0.15, 0.2) is 16.5 Å². The van der Waals surface area contributed by atoms with Crippen molar-refractivity contribution in [2.24, 2.45) is 0 Å². The van der Waals surface area contributed by atoms with E-state index in [1.54, 1.807) is 24.1 Å². The van der Waals surface area contributed by atoms with Crippen molar-refractivity contribution in [3.63, 3.8) is 0 Å². The largest absolute Gasteiger partial charge is 0.448 e. The van der Waals surface area contributed by atoms with Gasteiger partial charge in [0, 0.05) is 20.1 Å². The molecule has 3 rings (SSSR count). The van der Waals surface area contributed by atoms with E-state index >= 15 is 0 Å². The Hall–Kier alpha value is -2.67. The summed E-state index contributed by atoms with van der Waals surface area (Å²) < 4.78 is 6.77. The van der Waals surface area contributed by atoms with Crippen LogP contribution in [-0.4, -0.2) is 53.3 Å². The van der Waals surface area contributed by atoms with E-state index < -0.39 is 0 Å². The number of hydrogen-bond acceptors (Lipinski definition) is 5. The summed E-state index contributed by atoms with van der Waals surface area (Å²) >= 11 is 1.51. The highest BCUT2D eigenvalue weighted by Gasteiger charge is 2.21. The molecule has 6 nitrogen and oxygen atoms in total. The summed E-state index contributed by atoms with van der Waals surface area (Å²) in [4.78, 5) is 32.3. The number of para-hydroxylation sites is 1. The summed E-state index contributed by atoms with van der Waals surface area (Å²) in [6.07, 6.45) is 0. The minimum Gasteiger partial charge on any atom is -0.448 e. The molecule has 0 radical (unpaired) electrons. The minimum atomic E-state index is -0.321. The zero-order valence-corrected chi connectivity index (χ0v) is 15.9. The molecule has 0 saturated carbocycles. The van der Waals surface area contributed by atoms with Crippen molar-refractivity contribution in [3.05, 3.63) is 42.2 Å². The molecule has 0 bridgehead atoms. The van der Waals surface area contributed by atoms with E-state index in [0.29, 0.717) is 18.8 Å². The highest BCUT2D eigenvalue weighted by atomic mass is 32.1. The molecule has 0 aliphatic heterocycles. The summed E-state index contributed by atoms with van der Waals surface area (Å²) in [6, 6.07) is 11.2. The van der Waals surface area contributed by atoms with Crippen LogP contribution in [0.1, 0.15) is 24.4 Å². The lowest BCUT2D eigenvalue weighted by molar-refractivity contribution is -0.131. The topological polar surface area (TPSA) is 66.7 Å². The summed E-state index contributed by atoms with van der Waals surface area (Å²) in [5.74, 6) is 0.355. The SMILES string of the molecule is CCN(CC)C(=O)CN(C)C(=O)c1ccc(-c2nc3ccccc3s2)o1. The van der Waals surface area contributed by atoms with Gasteiger partial charge in [0.25, 0.3) is 5.91 Å². The number of fused-ring (bicyclic) bond motifs is 1. The molecular weight excluding hydrogens is 350 g/mol. The van der Waals surface area contributed by atoms with E-state index in [1.165, 1.54) is 16.2 Å². The summed E-state index contributed by atoms with van der Waals surface area (Å²) in [5, 5.41) is 0.729. The molecule has 0 atom stereocenters. The number of benzene rings is 1. The fourth-order valence-corrected chi connectivity index (χ4v) is 3.61. The number of carbonyl (C=O) groups is 2. The van der Waals surface area contributed by atoms with Crippen LogP contribution in [0.2, 0.25) is 0 Å². The van der Waals surface area contributed by atoms with Crippen LogP contribution in [-0.2, 0) is 4.79 Å². The maximum atomic E-state index is 12.5. The molecule has 0 aliphatic carbocycles. The number of amides is 2. The van der Waals surface area contributed by atoms with Crippen molar-refractivity contribution in [3.8, 4) is 10.8 Å². The van der Waals surface area contributed by atoms with Gasteiger partial charge in [0.1, 0.15) is 0 Å². The third-order valence-corrected chi connectivity index (χ3v) is 5.21. The predicted octanol–water partition coefficient (Wildman–Crippen LogP) is 3.50. The summed E-state index contributed by atoms with van der Waals surface area (Å²) in [5.41, 5.74) is 0.902. The molecule has 2 heterocycles. The first-order valence-corrected chi connectivity index (χ1v) is 9.34. The van der Waals surface area contributed by atoms with Crippen molar-refractivity contribution in [1.29, 1.82) is 0 Å². The van der Waals surface area contributed by atoms with Crippen LogP contribution >= 0.6 is 11.3 Å². The molecule has 1 aromatic carbocycles. The summed E-state index contributed by atoms with van der Waals surface area (Å²) in [7, 11) is 1.60. The lowest BCUT2D eigenvalue weighted by Gasteiger charge is -2.22. The molecule has 3 aromatic rings. The van der Waals surface area contributed by atoms with Crippen molar-refractivity contribution in [1.82, 2.24) is 14.8 Å². The zero-order chi connectivity index (χ0) is 18.7. The van der Waals surface area contributed by atoms with E-state index in [4.69, 9.17) is 4.42 Å². The van der Waals surface area contributed by atoms with E-state index in [0.717, 1.165) is 15.2 Å². The van der Waals surface area contributed by atoms with Gasteiger partial charge in [-0.25, -0.2) is 4.98 Å². The van der Waals surface area contributed by atoms with Crippen LogP contribution in [0.15, 0.2) is 40.8 Å². The number of rotatable bonds is 6. The van der Waals surface area contributed by atoms with Crippen LogP contribution in [0.25, 0.3) is 21.0 Å². The second kappa shape index (κ2) is 7.70. The molecule has 0 saturated heterocycles. The highest BCUT2D eigenvalue weighted by Crippen LogP contribution is 2.31. The Balaban J connectivity index is 1.74. The zero-order valence-electron chi connectivity index (χ0n) is 15.1. The Bertz CT molecular complexity index is 894. The maximum Gasteiger partial charge on any atom is 0.289 e.